The summed E-state index contributed by atoms with van der Waals surface area (Å²) in [5, 5.41) is 10.3. The summed E-state index contributed by atoms with van der Waals surface area (Å²) in [5.41, 5.74) is 0.731. The van der Waals surface area contributed by atoms with E-state index in [1.54, 1.807) is 24.3 Å². The molecule has 70 valence electrons. The molecule has 1 atom stereocenters. The van der Waals surface area contributed by atoms with Gasteiger partial charge in [-0.3, -0.25) is 0 Å². The molecule has 0 spiro atoms. The van der Waals surface area contributed by atoms with Crippen molar-refractivity contribution in [1.29, 1.82) is 0 Å². The standard InChI is InChI=1S/C9H11NO3/c10-13-6-8-4-2-1-3-7(8)5-9(11)12/h1-4,6-7H,5,10H2,(H,11,12)/p-1/b8-6+. The lowest BCUT2D eigenvalue weighted by Gasteiger charge is -2.16. The fraction of sp³-hybridized carbons (Fsp3) is 0.222. The van der Waals surface area contributed by atoms with E-state index in [4.69, 9.17) is 5.90 Å². The third-order valence-electron chi connectivity index (χ3n) is 1.76. The maximum atomic E-state index is 10.3. The summed E-state index contributed by atoms with van der Waals surface area (Å²) in [6, 6.07) is 0. The van der Waals surface area contributed by atoms with Crippen LogP contribution in [-0.4, -0.2) is 5.97 Å². The Morgan fingerprint density at radius 2 is 2.46 bits per heavy atom. The molecule has 1 aliphatic carbocycles. The van der Waals surface area contributed by atoms with Crippen molar-refractivity contribution in [2.24, 2.45) is 11.8 Å². The maximum absolute atomic E-state index is 10.3. The van der Waals surface area contributed by atoms with Crippen LogP contribution in [0.1, 0.15) is 6.42 Å². The van der Waals surface area contributed by atoms with E-state index in [-0.39, 0.29) is 12.3 Å². The Morgan fingerprint density at radius 3 is 3.08 bits per heavy atom. The van der Waals surface area contributed by atoms with Crippen molar-refractivity contribution in [2.75, 3.05) is 0 Å². The number of allylic oxidation sites excluding steroid dienone is 5. The molecule has 0 bridgehead atoms. The van der Waals surface area contributed by atoms with Crippen LogP contribution in [0.5, 0.6) is 0 Å². The highest BCUT2D eigenvalue weighted by Gasteiger charge is 2.11. The van der Waals surface area contributed by atoms with Crippen LogP contribution in [0.4, 0.5) is 0 Å². The molecule has 13 heavy (non-hydrogen) atoms. The topological polar surface area (TPSA) is 75.4 Å². The zero-order chi connectivity index (χ0) is 9.68. The molecule has 1 unspecified atom stereocenters. The molecular formula is C9H10NO3-. The zero-order valence-electron chi connectivity index (χ0n) is 6.97. The van der Waals surface area contributed by atoms with Crippen molar-refractivity contribution in [2.45, 2.75) is 6.42 Å². The summed E-state index contributed by atoms with van der Waals surface area (Å²) in [5.74, 6) is 3.56. The van der Waals surface area contributed by atoms with Crippen molar-refractivity contribution in [3.63, 3.8) is 0 Å². The Kier molecular flexibility index (Phi) is 3.28. The van der Waals surface area contributed by atoms with Gasteiger partial charge in [0.2, 0.25) is 0 Å². The van der Waals surface area contributed by atoms with Gasteiger partial charge in [-0.15, -0.1) is 0 Å². The van der Waals surface area contributed by atoms with Gasteiger partial charge in [0, 0.05) is 11.9 Å². The van der Waals surface area contributed by atoms with E-state index in [0.29, 0.717) is 0 Å². The van der Waals surface area contributed by atoms with Crippen molar-refractivity contribution < 1.29 is 14.7 Å². The lowest BCUT2D eigenvalue weighted by atomic mass is 9.93. The first-order chi connectivity index (χ1) is 6.24. The molecule has 0 radical (unpaired) electrons. The molecule has 0 aromatic heterocycles. The Morgan fingerprint density at radius 1 is 1.69 bits per heavy atom. The largest absolute Gasteiger partial charge is 0.550 e. The molecule has 0 aromatic rings. The van der Waals surface area contributed by atoms with E-state index in [9.17, 15) is 9.90 Å². The number of aliphatic carboxylic acids is 1. The maximum Gasteiger partial charge on any atom is 0.114 e. The van der Waals surface area contributed by atoms with E-state index < -0.39 is 5.97 Å². The predicted molar refractivity (Wildman–Crippen MR) is 44.7 cm³/mol. The SMILES string of the molecule is NO/C=C1\C=CC=CC1CC(=O)[O-]. The summed E-state index contributed by atoms with van der Waals surface area (Å²) in [6.45, 7) is 0. The third kappa shape index (κ3) is 2.76. The highest BCUT2D eigenvalue weighted by atomic mass is 16.6. The Bertz CT molecular complexity index is 279. The molecule has 0 amide bonds. The van der Waals surface area contributed by atoms with Crippen molar-refractivity contribution in [3.8, 4) is 0 Å². The van der Waals surface area contributed by atoms with E-state index in [1.165, 1.54) is 6.26 Å². The van der Waals surface area contributed by atoms with Crippen molar-refractivity contribution >= 4 is 5.97 Å². The van der Waals surface area contributed by atoms with Crippen molar-refractivity contribution in [3.05, 3.63) is 36.1 Å². The number of carboxylic acid groups (broad SMARTS) is 1. The zero-order valence-corrected chi connectivity index (χ0v) is 6.97. The first-order valence-electron chi connectivity index (χ1n) is 3.84. The van der Waals surface area contributed by atoms with Gasteiger partial charge in [-0.25, -0.2) is 0 Å². The van der Waals surface area contributed by atoms with E-state index >= 15 is 0 Å². The predicted octanol–water partition coefficient (Wildman–Crippen LogP) is -0.357. The second-order valence-electron chi connectivity index (χ2n) is 2.68. The quantitative estimate of drug-likeness (QED) is 0.475. The molecule has 2 N–H and O–H groups in total. The molecule has 0 heterocycles. The Balaban J connectivity index is 2.70. The van der Waals surface area contributed by atoms with Crippen LogP contribution in [0.25, 0.3) is 0 Å². The Hall–Kier alpha value is -1.55. The molecule has 4 nitrogen and oxygen atoms in total. The summed E-state index contributed by atoms with van der Waals surface area (Å²) in [4.78, 5) is 14.7. The van der Waals surface area contributed by atoms with Crippen LogP contribution in [0.15, 0.2) is 36.1 Å². The molecule has 4 heteroatoms. The van der Waals surface area contributed by atoms with Gasteiger partial charge in [0.15, 0.2) is 0 Å². The molecule has 0 fully saturated rings. The monoisotopic (exact) mass is 180 g/mol. The van der Waals surface area contributed by atoms with Crippen LogP contribution < -0.4 is 11.0 Å². The number of hydrogen-bond acceptors (Lipinski definition) is 4. The van der Waals surface area contributed by atoms with Gasteiger partial charge < -0.3 is 14.7 Å². The minimum Gasteiger partial charge on any atom is -0.550 e. The van der Waals surface area contributed by atoms with E-state index in [2.05, 4.69) is 4.84 Å². The van der Waals surface area contributed by atoms with Crippen LogP contribution in [0.3, 0.4) is 0 Å². The number of carboxylic acids is 1. The van der Waals surface area contributed by atoms with Crippen LogP contribution >= 0.6 is 0 Å². The average Bonchev–Trinajstić information content (AvgIpc) is 2.08. The lowest BCUT2D eigenvalue weighted by molar-refractivity contribution is -0.306. The summed E-state index contributed by atoms with van der Waals surface area (Å²) >= 11 is 0. The highest BCUT2D eigenvalue weighted by molar-refractivity contribution is 5.66. The lowest BCUT2D eigenvalue weighted by Crippen LogP contribution is -2.25. The van der Waals surface area contributed by atoms with Gasteiger partial charge >= 0.3 is 0 Å². The summed E-state index contributed by atoms with van der Waals surface area (Å²) in [6.07, 6.45) is 8.35. The second kappa shape index (κ2) is 4.47. The highest BCUT2D eigenvalue weighted by Crippen LogP contribution is 2.21. The number of carbonyl (C=O) groups excluding carboxylic acids is 1. The van der Waals surface area contributed by atoms with Crippen LogP contribution in [-0.2, 0) is 9.63 Å². The molecule has 0 saturated carbocycles. The van der Waals surface area contributed by atoms with Gasteiger partial charge in [-0.1, -0.05) is 24.3 Å². The number of nitrogens with two attached hydrogens (primary N) is 1. The molecule has 1 rings (SSSR count). The third-order valence-corrected chi connectivity index (χ3v) is 1.76. The van der Waals surface area contributed by atoms with Gasteiger partial charge in [-0.05, 0) is 12.0 Å². The number of rotatable bonds is 3. The van der Waals surface area contributed by atoms with Crippen LogP contribution in [0.2, 0.25) is 0 Å². The van der Waals surface area contributed by atoms with Gasteiger partial charge in [0.05, 0.1) is 0 Å². The van der Waals surface area contributed by atoms with Gasteiger partial charge in [-0.2, -0.15) is 5.90 Å². The first kappa shape index (κ1) is 9.54. The van der Waals surface area contributed by atoms with E-state index in [1.807, 2.05) is 0 Å². The molecule has 0 saturated heterocycles. The number of carbonyl (C=O) groups is 1. The normalized spacial score (nSPS) is 23.5. The summed E-state index contributed by atoms with van der Waals surface area (Å²) < 4.78 is 0. The van der Waals surface area contributed by atoms with Crippen LogP contribution in [0, 0.1) is 5.92 Å². The summed E-state index contributed by atoms with van der Waals surface area (Å²) in [7, 11) is 0. The molecule has 0 aromatic carbocycles. The number of hydrogen-bond donors (Lipinski definition) is 1. The fourth-order valence-electron chi connectivity index (χ4n) is 1.17. The molecule has 0 aliphatic heterocycles. The minimum atomic E-state index is -1.09. The van der Waals surface area contributed by atoms with Gasteiger partial charge in [0.1, 0.15) is 6.26 Å². The first-order valence-corrected chi connectivity index (χ1v) is 3.84. The fourth-order valence-corrected chi connectivity index (χ4v) is 1.17. The molecular weight excluding hydrogens is 170 g/mol. The average molecular weight is 180 g/mol. The van der Waals surface area contributed by atoms with Gasteiger partial charge in [0.25, 0.3) is 0 Å². The second-order valence-corrected chi connectivity index (χ2v) is 2.68. The molecule has 1 aliphatic rings. The van der Waals surface area contributed by atoms with Crippen molar-refractivity contribution in [1.82, 2.24) is 0 Å². The minimum absolute atomic E-state index is 0.0595. The van der Waals surface area contributed by atoms with E-state index in [0.717, 1.165) is 5.57 Å². The smallest absolute Gasteiger partial charge is 0.114 e. The Labute approximate surface area is 75.9 Å².